The maximum absolute atomic E-state index is 10.9. The molecule has 0 saturated heterocycles. The van der Waals surface area contributed by atoms with Crippen LogP contribution in [0.3, 0.4) is 0 Å². The van der Waals surface area contributed by atoms with Gasteiger partial charge in [0.15, 0.2) is 0 Å². The van der Waals surface area contributed by atoms with E-state index >= 15 is 0 Å². The van der Waals surface area contributed by atoms with Crippen LogP contribution in [-0.4, -0.2) is 22.3 Å². The van der Waals surface area contributed by atoms with Crippen LogP contribution in [0.5, 0.6) is 0 Å². The summed E-state index contributed by atoms with van der Waals surface area (Å²) in [6, 6.07) is 3.38. The average molecular weight is 265 g/mol. The minimum absolute atomic E-state index is 0.211. The average Bonchev–Trinajstić information content (AvgIpc) is 2.38. The van der Waals surface area contributed by atoms with Crippen LogP contribution in [0, 0.1) is 20.2 Å². The van der Waals surface area contributed by atoms with Crippen LogP contribution in [-0.2, 0) is 11.2 Å². The van der Waals surface area contributed by atoms with Gasteiger partial charge in [-0.05, 0) is 18.1 Å². The molecule has 0 aliphatic carbocycles. The topological polar surface area (TPSA) is 115 Å². The molecule has 0 aliphatic rings. The SMILES string of the molecule is C=CC(=O)NCCc1cc([N+](=O)[O-])cc([N+](=O)[O-])c1. The quantitative estimate of drug-likeness (QED) is 0.473. The summed E-state index contributed by atoms with van der Waals surface area (Å²) in [4.78, 5) is 30.8. The number of hydrogen-bond acceptors (Lipinski definition) is 5. The molecular formula is C11H11N3O5. The first-order chi connectivity index (χ1) is 8.93. The second-order valence-electron chi connectivity index (χ2n) is 3.62. The molecule has 0 aliphatic heterocycles. The Hall–Kier alpha value is -2.77. The van der Waals surface area contributed by atoms with Crippen LogP contribution in [0.2, 0.25) is 0 Å². The number of nitro groups is 2. The molecule has 100 valence electrons. The van der Waals surface area contributed by atoms with E-state index in [-0.39, 0.29) is 30.2 Å². The summed E-state index contributed by atoms with van der Waals surface area (Å²) in [6.45, 7) is 3.48. The zero-order valence-electron chi connectivity index (χ0n) is 9.87. The van der Waals surface area contributed by atoms with Crippen LogP contribution >= 0.6 is 0 Å². The number of amides is 1. The van der Waals surface area contributed by atoms with Crippen molar-refractivity contribution in [2.75, 3.05) is 6.54 Å². The van der Waals surface area contributed by atoms with Crippen molar-refractivity contribution in [2.45, 2.75) is 6.42 Å². The van der Waals surface area contributed by atoms with Gasteiger partial charge in [0.05, 0.1) is 15.9 Å². The minimum atomic E-state index is -0.696. The third-order valence-corrected chi connectivity index (χ3v) is 2.28. The van der Waals surface area contributed by atoms with Crippen molar-refractivity contribution in [1.29, 1.82) is 0 Å². The number of benzene rings is 1. The first-order valence-electron chi connectivity index (χ1n) is 5.27. The van der Waals surface area contributed by atoms with Gasteiger partial charge in [-0.25, -0.2) is 0 Å². The fourth-order valence-corrected chi connectivity index (χ4v) is 1.41. The Bertz CT molecular complexity index is 509. The number of nitrogens with one attached hydrogen (secondary N) is 1. The van der Waals surface area contributed by atoms with Gasteiger partial charge in [0.1, 0.15) is 0 Å². The van der Waals surface area contributed by atoms with Gasteiger partial charge in [0.2, 0.25) is 5.91 Å². The zero-order valence-corrected chi connectivity index (χ0v) is 9.87. The van der Waals surface area contributed by atoms with Gasteiger partial charge in [0, 0.05) is 18.7 Å². The zero-order chi connectivity index (χ0) is 14.4. The molecule has 0 radical (unpaired) electrons. The van der Waals surface area contributed by atoms with E-state index in [0.717, 1.165) is 12.1 Å². The van der Waals surface area contributed by atoms with Gasteiger partial charge >= 0.3 is 0 Å². The van der Waals surface area contributed by atoms with Crippen LogP contribution < -0.4 is 5.32 Å². The summed E-state index contributed by atoms with van der Waals surface area (Å²) in [5.41, 5.74) is -0.288. The molecule has 1 aromatic rings. The van der Waals surface area contributed by atoms with Gasteiger partial charge in [-0.2, -0.15) is 0 Å². The smallest absolute Gasteiger partial charge is 0.276 e. The van der Waals surface area contributed by atoms with E-state index in [2.05, 4.69) is 11.9 Å². The highest BCUT2D eigenvalue weighted by molar-refractivity contribution is 5.86. The van der Waals surface area contributed by atoms with Crippen molar-refractivity contribution >= 4 is 17.3 Å². The third-order valence-electron chi connectivity index (χ3n) is 2.28. The van der Waals surface area contributed by atoms with E-state index in [4.69, 9.17) is 0 Å². The lowest BCUT2D eigenvalue weighted by Crippen LogP contribution is -2.23. The fourth-order valence-electron chi connectivity index (χ4n) is 1.41. The Morgan fingerprint density at radius 1 is 1.21 bits per heavy atom. The molecule has 0 bridgehead atoms. The molecule has 0 saturated carbocycles. The first kappa shape index (κ1) is 14.3. The van der Waals surface area contributed by atoms with Crippen molar-refractivity contribution in [3.63, 3.8) is 0 Å². The lowest BCUT2D eigenvalue weighted by molar-refractivity contribution is -0.394. The van der Waals surface area contributed by atoms with Crippen molar-refractivity contribution in [3.05, 3.63) is 56.6 Å². The number of nitrogens with zero attached hydrogens (tertiary/aromatic N) is 2. The number of carbonyl (C=O) groups excluding carboxylic acids is 1. The number of hydrogen-bond donors (Lipinski definition) is 1. The monoisotopic (exact) mass is 265 g/mol. The van der Waals surface area contributed by atoms with E-state index < -0.39 is 9.85 Å². The van der Waals surface area contributed by atoms with Crippen molar-refractivity contribution in [2.24, 2.45) is 0 Å². The molecule has 0 fully saturated rings. The molecule has 0 aromatic heterocycles. The van der Waals surface area contributed by atoms with Crippen molar-refractivity contribution in [1.82, 2.24) is 5.32 Å². The van der Waals surface area contributed by atoms with E-state index in [1.807, 2.05) is 0 Å². The Labute approximate surface area is 108 Å². The second-order valence-corrected chi connectivity index (χ2v) is 3.62. The predicted octanol–water partition coefficient (Wildman–Crippen LogP) is 1.35. The molecule has 0 unspecified atom stereocenters. The molecule has 0 heterocycles. The molecule has 19 heavy (non-hydrogen) atoms. The van der Waals surface area contributed by atoms with E-state index in [0.29, 0.717) is 5.56 Å². The lowest BCUT2D eigenvalue weighted by atomic mass is 10.1. The number of rotatable bonds is 6. The highest BCUT2D eigenvalue weighted by atomic mass is 16.6. The molecule has 1 aromatic carbocycles. The Kier molecular flexibility index (Phi) is 4.69. The standard InChI is InChI=1S/C11H11N3O5/c1-2-11(15)12-4-3-8-5-9(13(16)17)7-10(6-8)14(18)19/h2,5-7H,1,3-4H2,(H,12,15). The van der Waals surface area contributed by atoms with Gasteiger partial charge in [0.25, 0.3) is 11.4 Å². The van der Waals surface area contributed by atoms with Crippen LogP contribution in [0.25, 0.3) is 0 Å². The molecule has 1 N–H and O–H groups in total. The first-order valence-corrected chi connectivity index (χ1v) is 5.27. The van der Waals surface area contributed by atoms with Crippen LogP contribution in [0.4, 0.5) is 11.4 Å². The van der Waals surface area contributed by atoms with Crippen LogP contribution in [0.15, 0.2) is 30.9 Å². The number of carbonyl (C=O) groups is 1. The highest BCUT2D eigenvalue weighted by Crippen LogP contribution is 2.22. The summed E-state index contributed by atoms with van der Waals surface area (Å²) in [7, 11) is 0. The van der Waals surface area contributed by atoms with E-state index in [9.17, 15) is 25.0 Å². The summed E-state index contributed by atoms with van der Waals surface area (Å²) < 4.78 is 0. The fraction of sp³-hybridized carbons (Fsp3) is 0.182. The molecule has 1 rings (SSSR count). The normalized spacial score (nSPS) is 9.68. The Morgan fingerprint density at radius 2 is 1.74 bits per heavy atom. The molecule has 0 spiro atoms. The summed E-state index contributed by atoms with van der Waals surface area (Å²) in [6.07, 6.45) is 1.35. The van der Waals surface area contributed by atoms with Crippen molar-refractivity contribution in [3.8, 4) is 0 Å². The molecule has 1 amide bonds. The molecule has 8 nitrogen and oxygen atoms in total. The minimum Gasteiger partial charge on any atom is -0.352 e. The van der Waals surface area contributed by atoms with Gasteiger partial charge in [-0.1, -0.05) is 6.58 Å². The number of nitro benzene ring substituents is 2. The summed E-state index contributed by atoms with van der Waals surface area (Å²) in [5.74, 6) is -0.375. The van der Waals surface area contributed by atoms with Gasteiger partial charge in [-0.3, -0.25) is 25.0 Å². The van der Waals surface area contributed by atoms with E-state index in [1.54, 1.807) is 0 Å². The van der Waals surface area contributed by atoms with E-state index in [1.165, 1.54) is 12.1 Å². The lowest BCUT2D eigenvalue weighted by Gasteiger charge is -2.03. The predicted molar refractivity (Wildman–Crippen MR) is 66.7 cm³/mol. The molecule has 0 atom stereocenters. The highest BCUT2D eigenvalue weighted by Gasteiger charge is 2.16. The summed E-state index contributed by atoms with van der Waals surface area (Å²) >= 11 is 0. The Balaban J connectivity index is 2.87. The van der Waals surface area contributed by atoms with Crippen molar-refractivity contribution < 1.29 is 14.6 Å². The third kappa shape index (κ3) is 4.19. The summed E-state index contributed by atoms with van der Waals surface area (Å²) in [5, 5.41) is 23.8. The second kappa shape index (κ2) is 6.24. The largest absolute Gasteiger partial charge is 0.352 e. The maximum Gasteiger partial charge on any atom is 0.276 e. The molecule has 8 heteroatoms. The molecular weight excluding hydrogens is 254 g/mol. The van der Waals surface area contributed by atoms with Crippen LogP contribution in [0.1, 0.15) is 5.56 Å². The maximum atomic E-state index is 10.9. The van der Waals surface area contributed by atoms with Gasteiger partial charge in [-0.15, -0.1) is 0 Å². The number of non-ortho nitro benzene ring substituents is 2. The van der Waals surface area contributed by atoms with Gasteiger partial charge < -0.3 is 5.32 Å². The Morgan fingerprint density at radius 3 is 2.16 bits per heavy atom.